The Morgan fingerprint density at radius 1 is 0.966 bits per heavy atom. The number of carbonyl (C=O) groups is 2. The van der Waals surface area contributed by atoms with Gasteiger partial charge in [0.2, 0.25) is 0 Å². The van der Waals surface area contributed by atoms with E-state index in [0.29, 0.717) is 16.9 Å². The number of nitrogens with one attached hydrogen (secondary N) is 1. The van der Waals surface area contributed by atoms with Gasteiger partial charge in [-0.15, -0.1) is 0 Å². The number of hydrazone groups is 1. The molecule has 29 heavy (non-hydrogen) atoms. The van der Waals surface area contributed by atoms with Crippen molar-refractivity contribution < 1.29 is 24.5 Å². The molecule has 7 nitrogen and oxygen atoms in total. The van der Waals surface area contributed by atoms with Gasteiger partial charge in [-0.3, -0.25) is 4.79 Å². The molecule has 0 unspecified atom stereocenters. The van der Waals surface area contributed by atoms with E-state index in [1.54, 1.807) is 36.4 Å². The van der Waals surface area contributed by atoms with E-state index in [1.165, 1.54) is 18.3 Å². The van der Waals surface area contributed by atoms with Crippen molar-refractivity contribution in [1.29, 1.82) is 0 Å². The number of benzene rings is 3. The van der Waals surface area contributed by atoms with E-state index in [0.717, 1.165) is 11.6 Å². The van der Waals surface area contributed by atoms with E-state index in [9.17, 15) is 19.8 Å². The number of aromatic hydroxyl groups is 2. The van der Waals surface area contributed by atoms with Crippen molar-refractivity contribution in [3.63, 3.8) is 0 Å². The first kappa shape index (κ1) is 19.6. The molecular formula is C22H18N2O5. The van der Waals surface area contributed by atoms with Crippen molar-refractivity contribution >= 4 is 18.1 Å². The zero-order valence-corrected chi connectivity index (χ0v) is 15.5. The smallest absolute Gasteiger partial charge is 0.343 e. The number of aryl methyl sites for hydroxylation is 1. The molecule has 0 atom stereocenters. The van der Waals surface area contributed by atoms with E-state index in [-0.39, 0.29) is 17.1 Å². The summed E-state index contributed by atoms with van der Waals surface area (Å²) in [5.74, 6) is -1.18. The number of hydrogen-bond acceptors (Lipinski definition) is 6. The summed E-state index contributed by atoms with van der Waals surface area (Å²) in [7, 11) is 0. The molecule has 146 valence electrons. The Labute approximate surface area is 166 Å². The summed E-state index contributed by atoms with van der Waals surface area (Å²) in [6.07, 6.45) is 1.41. The number of hydrogen-bond donors (Lipinski definition) is 3. The summed E-state index contributed by atoms with van der Waals surface area (Å²) in [6.45, 7) is 1.84. The highest BCUT2D eigenvalue weighted by Gasteiger charge is 2.11. The van der Waals surface area contributed by atoms with Crippen molar-refractivity contribution in [2.45, 2.75) is 6.92 Å². The number of carbonyl (C=O) groups excluding carboxylic acids is 2. The molecule has 0 fully saturated rings. The molecular weight excluding hydrogens is 372 g/mol. The lowest BCUT2D eigenvalue weighted by atomic mass is 10.1. The molecule has 3 aromatic rings. The summed E-state index contributed by atoms with van der Waals surface area (Å²) >= 11 is 0. The molecule has 0 spiro atoms. The number of amides is 1. The molecule has 0 aromatic heterocycles. The van der Waals surface area contributed by atoms with Crippen LogP contribution in [0.2, 0.25) is 0 Å². The van der Waals surface area contributed by atoms with Crippen LogP contribution in [0.5, 0.6) is 17.2 Å². The summed E-state index contributed by atoms with van der Waals surface area (Å²) in [6, 6.07) is 17.4. The van der Waals surface area contributed by atoms with Crippen LogP contribution in [-0.2, 0) is 0 Å². The standard InChI is InChI=1S/C22H18N2O5/c1-14-4-2-3-5-18(14)22(28)29-17-9-6-15(7-10-17)13-23-24-21(27)19-11-8-16(25)12-20(19)26/h2-13,25-26H,1H3,(H,24,27). The minimum Gasteiger partial charge on any atom is -0.508 e. The lowest BCUT2D eigenvalue weighted by Crippen LogP contribution is -2.17. The fourth-order valence-electron chi connectivity index (χ4n) is 2.52. The molecule has 0 saturated carbocycles. The third-order valence-electron chi connectivity index (χ3n) is 4.06. The van der Waals surface area contributed by atoms with Crippen molar-refractivity contribution in [3.8, 4) is 17.2 Å². The zero-order valence-electron chi connectivity index (χ0n) is 15.5. The van der Waals surface area contributed by atoms with Crippen LogP contribution in [0.15, 0.2) is 71.8 Å². The Morgan fingerprint density at radius 3 is 2.38 bits per heavy atom. The van der Waals surface area contributed by atoms with Gasteiger partial charge in [0, 0.05) is 6.07 Å². The predicted octanol–water partition coefficient (Wildman–Crippen LogP) is 3.39. The van der Waals surface area contributed by atoms with Crippen LogP contribution in [0.1, 0.15) is 31.8 Å². The second-order valence-electron chi connectivity index (χ2n) is 6.17. The maximum Gasteiger partial charge on any atom is 0.343 e. The van der Waals surface area contributed by atoms with Gasteiger partial charge in [-0.05, 0) is 60.5 Å². The Hall–Kier alpha value is -4.13. The van der Waals surface area contributed by atoms with E-state index < -0.39 is 11.9 Å². The Kier molecular flexibility index (Phi) is 5.89. The quantitative estimate of drug-likeness (QED) is 0.268. The highest BCUT2D eigenvalue weighted by Crippen LogP contribution is 2.22. The Bertz CT molecular complexity index is 1070. The van der Waals surface area contributed by atoms with Gasteiger partial charge < -0.3 is 14.9 Å². The highest BCUT2D eigenvalue weighted by atomic mass is 16.5. The molecule has 7 heteroatoms. The monoisotopic (exact) mass is 390 g/mol. The van der Waals surface area contributed by atoms with Gasteiger partial charge in [0.1, 0.15) is 17.2 Å². The lowest BCUT2D eigenvalue weighted by molar-refractivity contribution is 0.0733. The molecule has 0 aliphatic heterocycles. The third-order valence-corrected chi connectivity index (χ3v) is 4.06. The van der Waals surface area contributed by atoms with Crippen molar-refractivity contribution in [1.82, 2.24) is 5.43 Å². The Balaban J connectivity index is 1.59. The summed E-state index contributed by atoms with van der Waals surface area (Å²) < 4.78 is 5.36. The van der Waals surface area contributed by atoms with E-state index in [2.05, 4.69) is 10.5 Å². The van der Waals surface area contributed by atoms with Gasteiger partial charge in [-0.2, -0.15) is 5.10 Å². The van der Waals surface area contributed by atoms with Crippen LogP contribution in [-0.4, -0.2) is 28.3 Å². The molecule has 3 N–H and O–H groups in total. The fraction of sp³-hybridized carbons (Fsp3) is 0.0455. The molecule has 0 saturated heterocycles. The van der Waals surface area contributed by atoms with Crippen LogP contribution in [0.25, 0.3) is 0 Å². The number of phenols is 2. The maximum absolute atomic E-state index is 12.2. The van der Waals surface area contributed by atoms with Gasteiger partial charge in [-0.25, -0.2) is 10.2 Å². The highest BCUT2D eigenvalue weighted by molar-refractivity contribution is 5.97. The van der Waals surface area contributed by atoms with Crippen LogP contribution in [0.3, 0.4) is 0 Å². The molecule has 0 aliphatic rings. The number of nitrogens with zero attached hydrogens (tertiary/aromatic N) is 1. The van der Waals surface area contributed by atoms with E-state index >= 15 is 0 Å². The first-order valence-corrected chi connectivity index (χ1v) is 8.67. The fourth-order valence-corrected chi connectivity index (χ4v) is 2.52. The number of phenolic OH excluding ortho intramolecular Hbond substituents is 2. The third kappa shape index (κ3) is 4.98. The predicted molar refractivity (Wildman–Crippen MR) is 107 cm³/mol. The van der Waals surface area contributed by atoms with Gasteiger partial charge in [0.05, 0.1) is 17.3 Å². The SMILES string of the molecule is Cc1ccccc1C(=O)Oc1ccc(C=NNC(=O)c2ccc(O)cc2O)cc1. The summed E-state index contributed by atoms with van der Waals surface area (Å²) in [4.78, 5) is 24.2. The van der Waals surface area contributed by atoms with Crippen LogP contribution in [0.4, 0.5) is 0 Å². The summed E-state index contributed by atoms with van der Waals surface area (Å²) in [5, 5.41) is 22.7. The first-order chi connectivity index (χ1) is 13.9. The van der Waals surface area contributed by atoms with Gasteiger partial charge in [0.15, 0.2) is 0 Å². The van der Waals surface area contributed by atoms with E-state index in [1.807, 2.05) is 19.1 Å². The second-order valence-corrected chi connectivity index (χ2v) is 6.17. The molecule has 3 rings (SSSR count). The molecule has 0 bridgehead atoms. The lowest BCUT2D eigenvalue weighted by Gasteiger charge is -2.06. The normalized spacial score (nSPS) is 10.7. The van der Waals surface area contributed by atoms with Crippen molar-refractivity contribution in [3.05, 3.63) is 89.0 Å². The minimum atomic E-state index is -0.623. The largest absolute Gasteiger partial charge is 0.508 e. The average Bonchev–Trinajstić information content (AvgIpc) is 2.69. The van der Waals surface area contributed by atoms with E-state index in [4.69, 9.17) is 4.74 Å². The van der Waals surface area contributed by atoms with Crippen LogP contribution >= 0.6 is 0 Å². The second kappa shape index (κ2) is 8.71. The van der Waals surface area contributed by atoms with Crippen molar-refractivity contribution in [2.75, 3.05) is 0 Å². The van der Waals surface area contributed by atoms with Gasteiger partial charge >= 0.3 is 5.97 Å². The van der Waals surface area contributed by atoms with Crippen LogP contribution < -0.4 is 10.2 Å². The molecule has 3 aromatic carbocycles. The van der Waals surface area contributed by atoms with Crippen molar-refractivity contribution in [2.24, 2.45) is 5.10 Å². The number of rotatable bonds is 5. The molecule has 1 amide bonds. The molecule has 0 radical (unpaired) electrons. The minimum absolute atomic E-state index is 0.0154. The molecule has 0 aliphatic carbocycles. The zero-order chi connectivity index (χ0) is 20.8. The Morgan fingerprint density at radius 2 is 1.69 bits per heavy atom. The van der Waals surface area contributed by atoms with Gasteiger partial charge in [0.25, 0.3) is 5.91 Å². The average molecular weight is 390 g/mol. The molecule has 0 heterocycles. The first-order valence-electron chi connectivity index (χ1n) is 8.67. The number of ether oxygens (including phenoxy) is 1. The van der Waals surface area contributed by atoms with Crippen LogP contribution in [0, 0.1) is 6.92 Å². The maximum atomic E-state index is 12.2. The number of esters is 1. The summed E-state index contributed by atoms with van der Waals surface area (Å²) in [5.41, 5.74) is 4.26. The topological polar surface area (TPSA) is 108 Å². The van der Waals surface area contributed by atoms with Gasteiger partial charge in [-0.1, -0.05) is 18.2 Å².